The minimum Gasteiger partial charge on any atom is -0.496 e. The Labute approximate surface area is 224 Å². The normalized spacial score (nSPS) is 21.2. The Bertz CT molecular complexity index is 1350. The molecule has 4 aromatic rings. The molecule has 8 nitrogen and oxygen atoms in total. The molecule has 6 rings (SSSR count). The lowest BCUT2D eigenvalue weighted by molar-refractivity contribution is 0.0626. The molecular weight excluding hydrogens is 476 g/mol. The van der Waals surface area contributed by atoms with Gasteiger partial charge in [-0.05, 0) is 49.9 Å². The van der Waals surface area contributed by atoms with Crippen molar-refractivity contribution in [2.45, 2.75) is 44.2 Å². The smallest absolute Gasteiger partial charge is 0.122 e. The van der Waals surface area contributed by atoms with Crippen LogP contribution in [0.3, 0.4) is 0 Å². The van der Waals surface area contributed by atoms with E-state index in [1.807, 2.05) is 18.2 Å². The highest BCUT2D eigenvalue weighted by atomic mass is 16.5. The first-order chi connectivity index (χ1) is 18.7. The van der Waals surface area contributed by atoms with Crippen molar-refractivity contribution in [2.24, 2.45) is 0 Å². The van der Waals surface area contributed by atoms with Gasteiger partial charge in [-0.25, -0.2) is 4.98 Å². The van der Waals surface area contributed by atoms with E-state index in [1.165, 1.54) is 25.7 Å². The maximum atomic E-state index is 9.19. The van der Waals surface area contributed by atoms with E-state index >= 15 is 0 Å². The van der Waals surface area contributed by atoms with E-state index in [0.29, 0.717) is 18.5 Å². The summed E-state index contributed by atoms with van der Waals surface area (Å²) < 4.78 is 7.70. The molecule has 2 aromatic heterocycles. The van der Waals surface area contributed by atoms with Crippen LogP contribution in [0, 0.1) is 0 Å². The standard InChI is InChI=1S/C30H38N6O2/c1-38-29-5-3-2-4-23(29)21-30-31-27-11-6-22(20-28(27)32-30)26-12-13-36(33-26)25-9-7-24(8-10-25)35-16-14-34(15-17-35)18-19-37/h2-6,11-13,20,24-25,37H,7-10,14-19,21H2,1H3,(H,31,32). The van der Waals surface area contributed by atoms with Gasteiger partial charge in [0, 0.05) is 62.5 Å². The Morgan fingerprint density at radius 2 is 1.76 bits per heavy atom. The zero-order valence-electron chi connectivity index (χ0n) is 22.2. The molecule has 1 aliphatic carbocycles. The van der Waals surface area contributed by atoms with E-state index in [1.54, 1.807) is 7.11 Å². The van der Waals surface area contributed by atoms with E-state index in [-0.39, 0.29) is 6.61 Å². The highest BCUT2D eigenvalue weighted by Gasteiger charge is 2.29. The van der Waals surface area contributed by atoms with E-state index in [4.69, 9.17) is 14.8 Å². The Kier molecular flexibility index (Phi) is 7.44. The molecule has 2 fully saturated rings. The summed E-state index contributed by atoms with van der Waals surface area (Å²) >= 11 is 0. The van der Waals surface area contributed by atoms with Crippen LogP contribution in [-0.2, 0) is 6.42 Å². The third-order valence-electron chi connectivity index (χ3n) is 8.37. The quantitative estimate of drug-likeness (QED) is 0.368. The highest BCUT2D eigenvalue weighted by molar-refractivity contribution is 5.81. The van der Waals surface area contributed by atoms with Gasteiger partial charge in [0.25, 0.3) is 0 Å². The minimum atomic E-state index is 0.262. The molecule has 38 heavy (non-hydrogen) atoms. The first-order valence-corrected chi connectivity index (χ1v) is 13.9. The van der Waals surface area contributed by atoms with Crippen LogP contribution in [0.25, 0.3) is 22.3 Å². The second-order valence-electron chi connectivity index (χ2n) is 10.6. The molecule has 2 N–H and O–H groups in total. The Balaban J connectivity index is 1.09. The van der Waals surface area contributed by atoms with Crippen LogP contribution in [0.1, 0.15) is 43.1 Å². The predicted molar refractivity (Wildman–Crippen MR) is 150 cm³/mol. The lowest BCUT2D eigenvalue weighted by atomic mass is 9.90. The molecule has 0 radical (unpaired) electrons. The van der Waals surface area contributed by atoms with E-state index in [0.717, 1.165) is 72.2 Å². The van der Waals surface area contributed by atoms with Crippen molar-refractivity contribution in [3.05, 3.63) is 66.1 Å². The number of aromatic nitrogens is 4. The number of para-hydroxylation sites is 1. The van der Waals surface area contributed by atoms with Gasteiger partial charge >= 0.3 is 0 Å². The third-order valence-corrected chi connectivity index (χ3v) is 8.37. The van der Waals surface area contributed by atoms with Crippen molar-refractivity contribution in [1.82, 2.24) is 29.5 Å². The summed E-state index contributed by atoms with van der Waals surface area (Å²) in [4.78, 5) is 13.3. The Hall–Kier alpha value is -3.20. The van der Waals surface area contributed by atoms with Crippen molar-refractivity contribution < 1.29 is 9.84 Å². The van der Waals surface area contributed by atoms with Crippen molar-refractivity contribution >= 4 is 11.0 Å². The number of benzene rings is 2. The number of hydrogen-bond donors (Lipinski definition) is 2. The molecule has 0 unspecified atom stereocenters. The van der Waals surface area contributed by atoms with Crippen LogP contribution in [0.15, 0.2) is 54.7 Å². The van der Waals surface area contributed by atoms with Gasteiger partial charge in [0.1, 0.15) is 11.6 Å². The number of hydrogen-bond acceptors (Lipinski definition) is 6. The SMILES string of the molecule is COc1ccccc1Cc1nc2ccc(-c3ccn(C4CCC(N5CCN(CCO)CC5)CC4)n3)cc2[nH]1. The number of fused-ring (bicyclic) bond motifs is 1. The van der Waals surface area contributed by atoms with Crippen LogP contribution >= 0.6 is 0 Å². The van der Waals surface area contributed by atoms with Crippen molar-refractivity contribution in [1.29, 1.82) is 0 Å². The summed E-state index contributed by atoms with van der Waals surface area (Å²) in [6, 6.07) is 17.7. The predicted octanol–water partition coefficient (Wildman–Crippen LogP) is 4.12. The van der Waals surface area contributed by atoms with Crippen LogP contribution in [0.4, 0.5) is 0 Å². The van der Waals surface area contributed by atoms with E-state index < -0.39 is 0 Å². The van der Waals surface area contributed by atoms with Crippen molar-refractivity contribution in [3.8, 4) is 17.0 Å². The molecule has 1 saturated heterocycles. The molecule has 2 aliphatic rings. The first-order valence-electron chi connectivity index (χ1n) is 13.9. The van der Waals surface area contributed by atoms with Gasteiger partial charge in [-0.3, -0.25) is 14.5 Å². The number of piperazine rings is 1. The second-order valence-corrected chi connectivity index (χ2v) is 10.6. The van der Waals surface area contributed by atoms with Gasteiger partial charge in [0.15, 0.2) is 0 Å². The zero-order valence-corrected chi connectivity index (χ0v) is 22.2. The summed E-state index contributed by atoms with van der Waals surface area (Å²) in [5.41, 5.74) is 5.23. The number of aromatic amines is 1. The van der Waals surface area contributed by atoms with Gasteiger partial charge in [-0.2, -0.15) is 5.10 Å². The fourth-order valence-corrected chi connectivity index (χ4v) is 6.21. The fraction of sp³-hybridized carbons (Fsp3) is 0.467. The number of nitrogens with zero attached hydrogens (tertiary/aromatic N) is 5. The number of aliphatic hydroxyl groups excluding tert-OH is 1. The van der Waals surface area contributed by atoms with Crippen LogP contribution in [-0.4, -0.2) is 87.1 Å². The van der Waals surface area contributed by atoms with Crippen LogP contribution < -0.4 is 4.74 Å². The number of aliphatic hydroxyl groups is 1. The maximum absolute atomic E-state index is 9.19. The molecule has 1 aliphatic heterocycles. The second kappa shape index (κ2) is 11.3. The molecule has 2 aromatic carbocycles. The number of rotatable bonds is 8. The zero-order chi connectivity index (χ0) is 25.9. The van der Waals surface area contributed by atoms with Gasteiger partial charge in [-0.1, -0.05) is 24.3 Å². The fourth-order valence-electron chi connectivity index (χ4n) is 6.21. The first kappa shape index (κ1) is 25.1. The Morgan fingerprint density at radius 3 is 2.55 bits per heavy atom. The summed E-state index contributed by atoms with van der Waals surface area (Å²) in [7, 11) is 1.71. The molecule has 3 heterocycles. The highest BCUT2D eigenvalue weighted by Crippen LogP contribution is 2.32. The summed E-state index contributed by atoms with van der Waals surface area (Å²) in [5.74, 6) is 1.81. The third kappa shape index (κ3) is 5.34. The molecule has 8 heteroatoms. The number of ether oxygens (including phenoxy) is 1. The molecule has 0 amide bonds. The van der Waals surface area contributed by atoms with Gasteiger partial charge in [0.05, 0.1) is 36.5 Å². The summed E-state index contributed by atoms with van der Waals surface area (Å²) in [6.07, 6.45) is 7.66. The molecule has 0 atom stereocenters. The van der Waals surface area contributed by atoms with Crippen molar-refractivity contribution in [3.63, 3.8) is 0 Å². The molecule has 200 valence electrons. The van der Waals surface area contributed by atoms with Crippen LogP contribution in [0.5, 0.6) is 5.75 Å². The average molecular weight is 515 g/mol. The lowest BCUT2D eigenvalue weighted by Crippen LogP contribution is -2.51. The summed E-state index contributed by atoms with van der Waals surface area (Å²) in [5, 5.41) is 14.2. The van der Waals surface area contributed by atoms with Gasteiger partial charge in [0.2, 0.25) is 0 Å². The molecule has 1 saturated carbocycles. The van der Waals surface area contributed by atoms with E-state index in [2.05, 4.69) is 56.0 Å². The van der Waals surface area contributed by atoms with Gasteiger partial charge in [-0.15, -0.1) is 0 Å². The molecular formula is C30H38N6O2. The number of methoxy groups -OCH3 is 1. The van der Waals surface area contributed by atoms with Crippen LogP contribution in [0.2, 0.25) is 0 Å². The van der Waals surface area contributed by atoms with Crippen molar-refractivity contribution in [2.75, 3.05) is 46.4 Å². The monoisotopic (exact) mass is 514 g/mol. The summed E-state index contributed by atoms with van der Waals surface area (Å²) in [6.45, 7) is 5.46. The molecule has 0 spiro atoms. The largest absolute Gasteiger partial charge is 0.496 e. The lowest BCUT2D eigenvalue weighted by Gasteiger charge is -2.41. The number of nitrogens with one attached hydrogen (secondary N) is 1. The molecule has 0 bridgehead atoms. The maximum Gasteiger partial charge on any atom is 0.122 e. The Morgan fingerprint density at radius 1 is 0.974 bits per heavy atom. The topological polar surface area (TPSA) is 82.4 Å². The average Bonchev–Trinajstić information content (AvgIpc) is 3.61. The number of imidazole rings is 1. The minimum absolute atomic E-state index is 0.262. The number of H-pyrrole nitrogens is 1. The van der Waals surface area contributed by atoms with E-state index in [9.17, 15) is 5.11 Å². The number of β-amino-alcohol motifs (C(OH)–C–C–N with tert-alkyl or cyclic N) is 1. The van der Waals surface area contributed by atoms with Gasteiger partial charge < -0.3 is 14.8 Å².